The number of aromatic hydroxyl groups is 1. The molecule has 1 amide bonds. The van der Waals surface area contributed by atoms with E-state index in [1.54, 1.807) is 19.2 Å². The number of methoxy groups -OCH3 is 1. The zero-order valence-electron chi connectivity index (χ0n) is 17.5. The van der Waals surface area contributed by atoms with Gasteiger partial charge in [0.2, 0.25) is 5.91 Å². The second-order valence-corrected chi connectivity index (χ2v) is 8.76. The maximum Gasteiger partial charge on any atom is 0.228 e. The maximum atomic E-state index is 12.8. The molecule has 2 aliphatic rings. The highest BCUT2D eigenvalue weighted by molar-refractivity contribution is 5.95. The van der Waals surface area contributed by atoms with Crippen LogP contribution in [0.3, 0.4) is 0 Å². The first kappa shape index (κ1) is 19.8. The van der Waals surface area contributed by atoms with Crippen molar-refractivity contribution in [3.8, 4) is 11.5 Å². The fourth-order valence-electron chi connectivity index (χ4n) is 4.81. The SMILES string of the molecule is COc1cc(O)ccc1CN1CCC2(CC1)CC2C(=O)Nc1cc(C)cc(C)c1. The van der Waals surface area contributed by atoms with Crippen LogP contribution in [-0.4, -0.2) is 36.1 Å². The monoisotopic (exact) mass is 394 g/mol. The number of nitrogens with zero attached hydrogens (tertiary/aromatic N) is 1. The number of hydrogen-bond acceptors (Lipinski definition) is 4. The Bertz CT molecular complexity index is 896. The van der Waals surface area contributed by atoms with Gasteiger partial charge in [-0.25, -0.2) is 0 Å². The first-order chi connectivity index (χ1) is 13.9. The van der Waals surface area contributed by atoms with Gasteiger partial charge in [0.15, 0.2) is 0 Å². The number of anilines is 1. The van der Waals surface area contributed by atoms with Crippen molar-refractivity contribution in [2.75, 3.05) is 25.5 Å². The van der Waals surface area contributed by atoms with Gasteiger partial charge in [-0.05, 0) is 80.9 Å². The van der Waals surface area contributed by atoms with Crippen LogP contribution in [0.2, 0.25) is 0 Å². The standard InChI is InChI=1S/C24H30N2O3/c1-16-10-17(2)12-19(11-16)25-23(28)21-14-24(21)6-8-26(9-7-24)15-18-4-5-20(27)13-22(18)29-3/h4-5,10-13,21,27H,6-9,14-15H2,1-3H3,(H,25,28). The van der Waals surface area contributed by atoms with Crippen LogP contribution in [0.4, 0.5) is 5.69 Å². The molecule has 1 unspecified atom stereocenters. The molecule has 29 heavy (non-hydrogen) atoms. The summed E-state index contributed by atoms with van der Waals surface area (Å²) in [4.78, 5) is 15.2. The fraction of sp³-hybridized carbons (Fsp3) is 0.458. The molecule has 4 rings (SSSR count). The van der Waals surface area contributed by atoms with Crippen molar-refractivity contribution in [1.29, 1.82) is 0 Å². The molecule has 1 heterocycles. The van der Waals surface area contributed by atoms with E-state index < -0.39 is 0 Å². The van der Waals surface area contributed by atoms with Crippen molar-refractivity contribution in [1.82, 2.24) is 4.90 Å². The van der Waals surface area contributed by atoms with Crippen LogP contribution in [0.25, 0.3) is 0 Å². The third-order valence-corrected chi connectivity index (χ3v) is 6.51. The number of phenols is 1. The van der Waals surface area contributed by atoms with E-state index in [9.17, 15) is 9.90 Å². The average Bonchev–Trinajstić information content (AvgIpc) is 3.38. The summed E-state index contributed by atoms with van der Waals surface area (Å²) in [7, 11) is 1.63. The van der Waals surface area contributed by atoms with E-state index in [0.717, 1.165) is 55.9 Å². The predicted molar refractivity (Wildman–Crippen MR) is 114 cm³/mol. The van der Waals surface area contributed by atoms with Gasteiger partial charge in [0.25, 0.3) is 0 Å². The van der Waals surface area contributed by atoms with Crippen molar-refractivity contribution in [3.05, 3.63) is 53.1 Å². The van der Waals surface area contributed by atoms with Crippen molar-refractivity contribution in [2.24, 2.45) is 11.3 Å². The molecule has 1 aliphatic carbocycles. The third-order valence-electron chi connectivity index (χ3n) is 6.51. The highest BCUT2D eigenvalue weighted by atomic mass is 16.5. The number of carbonyl (C=O) groups is 1. The molecule has 1 atom stereocenters. The van der Waals surface area contributed by atoms with Gasteiger partial charge in [-0.3, -0.25) is 9.69 Å². The van der Waals surface area contributed by atoms with Gasteiger partial charge >= 0.3 is 0 Å². The average molecular weight is 395 g/mol. The van der Waals surface area contributed by atoms with Crippen LogP contribution < -0.4 is 10.1 Å². The fourth-order valence-corrected chi connectivity index (χ4v) is 4.81. The smallest absolute Gasteiger partial charge is 0.228 e. The number of hydrogen-bond donors (Lipinski definition) is 2. The zero-order chi connectivity index (χ0) is 20.6. The number of ether oxygens (including phenoxy) is 1. The van der Waals surface area contributed by atoms with Crippen LogP contribution in [0, 0.1) is 25.2 Å². The lowest BCUT2D eigenvalue weighted by molar-refractivity contribution is -0.118. The molecule has 2 N–H and O–H groups in total. The molecular weight excluding hydrogens is 364 g/mol. The molecule has 2 aromatic carbocycles. The minimum atomic E-state index is 0.133. The number of phenolic OH excluding ortho intramolecular Hbond substituents is 1. The number of benzene rings is 2. The molecule has 5 heteroatoms. The number of piperidine rings is 1. The minimum absolute atomic E-state index is 0.133. The van der Waals surface area contributed by atoms with Gasteiger partial charge < -0.3 is 15.2 Å². The summed E-state index contributed by atoms with van der Waals surface area (Å²) in [5.41, 5.74) is 4.51. The summed E-state index contributed by atoms with van der Waals surface area (Å²) in [6.07, 6.45) is 3.11. The van der Waals surface area contributed by atoms with E-state index in [4.69, 9.17) is 4.74 Å². The first-order valence-electron chi connectivity index (χ1n) is 10.4. The number of nitrogens with one attached hydrogen (secondary N) is 1. The normalized spacial score (nSPS) is 20.4. The van der Waals surface area contributed by atoms with Crippen LogP contribution in [-0.2, 0) is 11.3 Å². The summed E-state index contributed by atoms with van der Waals surface area (Å²) >= 11 is 0. The van der Waals surface area contributed by atoms with Gasteiger partial charge in [0, 0.05) is 29.8 Å². The van der Waals surface area contributed by atoms with E-state index in [1.807, 2.05) is 18.2 Å². The van der Waals surface area contributed by atoms with Gasteiger partial charge in [-0.15, -0.1) is 0 Å². The Morgan fingerprint density at radius 3 is 2.52 bits per heavy atom. The summed E-state index contributed by atoms with van der Waals surface area (Å²) < 4.78 is 5.40. The Hall–Kier alpha value is -2.53. The van der Waals surface area contributed by atoms with Crippen molar-refractivity contribution in [2.45, 2.75) is 39.7 Å². The summed E-state index contributed by atoms with van der Waals surface area (Å²) in [6, 6.07) is 11.5. The van der Waals surface area contributed by atoms with Gasteiger partial charge in [0.1, 0.15) is 11.5 Å². The van der Waals surface area contributed by atoms with Crippen molar-refractivity contribution in [3.63, 3.8) is 0 Å². The van der Waals surface area contributed by atoms with E-state index in [-0.39, 0.29) is 23.0 Å². The molecule has 154 valence electrons. The number of aryl methyl sites for hydroxylation is 2. The molecule has 0 aromatic heterocycles. The molecule has 1 aliphatic heterocycles. The second-order valence-electron chi connectivity index (χ2n) is 8.76. The molecule has 1 spiro atoms. The minimum Gasteiger partial charge on any atom is -0.508 e. The lowest BCUT2D eigenvalue weighted by Crippen LogP contribution is -2.35. The Labute approximate surface area is 172 Å². The Kier molecular flexibility index (Phi) is 5.26. The van der Waals surface area contributed by atoms with E-state index in [0.29, 0.717) is 0 Å². The molecule has 0 bridgehead atoms. The predicted octanol–water partition coefficient (Wildman–Crippen LogP) is 4.26. The highest BCUT2D eigenvalue weighted by Crippen LogP contribution is 2.59. The van der Waals surface area contributed by atoms with E-state index in [1.165, 1.54) is 11.1 Å². The maximum absolute atomic E-state index is 12.8. The van der Waals surface area contributed by atoms with Crippen molar-refractivity contribution < 1.29 is 14.6 Å². The second kappa shape index (κ2) is 7.71. The van der Waals surface area contributed by atoms with Crippen LogP contribution in [0.15, 0.2) is 36.4 Å². The third kappa shape index (κ3) is 4.25. The first-order valence-corrected chi connectivity index (χ1v) is 10.4. The molecule has 5 nitrogen and oxygen atoms in total. The Morgan fingerprint density at radius 2 is 1.86 bits per heavy atom. The number of likely N-dealkylation sites (tertiary alicyclic amines) is 1. The van der Waals surface area contributed by atoms with Gasteiger partial charge in [-0.1, -0.05) is 12.1 Å². The van der Waals surface area contributed by atoms with Crippen molar-refractivity contribution >= 4 is 11.6 Å². The number of carbonyl (C=O) groups excluding carboxylic acids is 1. The summed E-state index contributed by atoms with van der Waals surface area (Å²) in [5.74, 6) is 1.25. The highest BCUT2D eigenvalue weighted by Gasteiger charge is 2.58. The summed E-state index contributed by atoms with van der Waals surface area (Å²) in [6.45, 7) is 6.88. The lowest BCUT2D eigenvalue weighted by Gasteiger charge is -2.33. The van der Waals surface area contributed by atoms with Crippen LogP contribution >= 0.6 is 0 Å². The topological polar surface area (TPSA) is 61.8 Å². The van der Waals surface area contributed by atoms with Gasteiger partial charge in [-0.2, -0.15) is 0 Å². The molecule has 1 saturated carbocycles. The quantitative estimate of drug-likeness (QED) is 0.796. The van der Waals surface area contributed by atoms with Crippen LogP contribution in [0.1, 0.15) is 36.0 Å². The molecule has 1 saturated heterocycles. The lowest BCUT2D eigenvalue weighted by atomic mass is 9.90. The van der Waals surface area contributed by atoms with Gasteiger partial charge in [0.05, 0.1) is 7.11 Å². The van der Waals surface area contributed by atoms with E-state index in [2.05, 4.69) is 30.1 Å². The Morgan fingerprint density at radius 1 is 1.17 bits per heavy atom. The van der Waals surface area contributed by atoms with Crippen LogP contribution in [0.5, 0.6) is 11.5 Å². The Balaban J connectivity index is 1.32. The number of amides is 1. The number of rotatable bonds is 5. The largest absolute Gasteiger partial charge is 0.508 e. The molecule has 2 aromatic rings. The molecular formula is C24H30N2O3. The van der Waals surface area contributed by atoms with E-state index >= 15 is 0 Å². The molecule has 0 radical (unpaired) electrons. The zero-order valence-corrected chi connectivity index (χ0v) is 17.5. The molecule has 2 fully saturated rings. The summed E-state index contributed by atoms with van der Waals surface area (Å²) in [5, 5.41) is 12.8.